The predicted molar refractivity (Wildman–Crippen MR) is 104 cm³/mol. The summed E-state index contributed by atoms with van der Waals surface area (Å²) in [5.41, 5.74) is 1.76. The molecule has 0 saturated heterocycles. The fraction of sp³-hybridized carbons (Fsp3) is 0.300. The number of carbonyl (C=O) groups excluding carboxylic acids is 1. The van der Waals surface area contributed by atoms with E-state index in [1.165, 1.54) is 7.11 Å². The van der Waals surface area contributed by atoms with Gasteiger partial charge in [0.1, 0.15) is 5.75 Å². The Morgan fingerprint density at radius 1 is 1.26 bits per heavy atom. The largest absolute Gasteiger partial charge is 0.495 e. The molecule has 0 aromatic heterocycles. The van der Waals surface area contributed by atoms with Crippen LogP contribution >= 0.6 is 11.6 Å². The van der Waals surface area contributed by atoms with Gasteiger partial charge in [0.15, 0.2) is 17.6 Å². The molecule has 0 aliphatic rings. The minimum atomic E-state index is -0.808. The molecule has 0 saturated carbocycles. The number of hydrogen-bond donors (Lipinski definition) is 1. The number of methoxy groups -OCH3 is 1. The van der Waals surface area contributed by atoms with Crippen molar-refractivity contribution in [2.75, 3.05) is 19.0 Å². The van der Waals surface area contributed by atoms with Crippen LogP contribution in [0.1, 0.15) is 25.0 Å². The van der Waals surface area contributed by atoms with Gasteiger partial charge in [0, 0.05) is 17.2 Å². The van der Waals surface area contributed by atoms with Crippen LogP contribution in [0.15, 0.2) is 30.3 Å². The van der Waals surface area contributed by atoms with Crippen molar-refractivity contribution < 1.29 is 19.0 Å². The highest BCUT2D eigenvalue weighted by Gasteiger charge is 2.19. The lowest BCUT2D eigenvalue weighted by Gasteiger charge is -2.18. The van der Waals surface area contributed by atoms with Crippen molar-refractivity contribution in [3.05, 3.63) is 46.5 Å². The normalized spacial score (nSPS) is 11.3. The second-order valence-corrected chi connectivity index (χ2v) is 6.16. The van der Waals surface area contributed by atoms with E-state index in [1.54, 1.807) is 37.3 Å². The molecule has 0 spiro atoms. The summed E-state index contributed by atoms with van der Waals surface area (Å²) in [7, 11) is 1.50. The number of halogens is 1. The minimum absolute atomic E-state index is 0.359. The number of nitrogens with one attached hydrogen (secondary N) is 1. The van der Waals surface area contributed by atoms with Gasteiger partial charge >= 0.3 is 0 Å². The SMILES string of the molecule is CCOc1cc(C#N)ccc1O[C@H](C)C(=O)Nc1cc(C)c(Cl)cc1OC. The summed E-state index contributed by atoms with van der Waals surface area (Å²) in [6.07, 6.45) is -0.808. The molecule has 2 rings (SSSR count). The highest BCUT2D eigenvalue weighted by Crippen LogP contribution is 2.32. The molecule has 0 aliphatic heterocycles. The summed E-state index contributed by atoms with van der Waals surface area (Å²) >= 11 is 6.09. The zero-order chi connectivity index (χ0) is 20.0. The molecular formula is C20H21ClN2O4. The summed E-state index contributed by atoms with van der Waals surface area (Å²) in [4.78, 5) is 12.6. The van der Waals surface area contributed by atoms with Crippen LogP contribution in [-0.2, 0) is 4.79 Å². The van der Waals surface area contributed by atoms with Gasteiger partial charge in [-0.1, -0.05) is 11.6 Å². The van der Waals surface area contributed by atoms with E-state index in [1.807, 2.05) is 19.9 Å². The standard InChI is InChI=1S/C20H21ClN2O4/c1-5-26-19-9-14(11-22)6-7-17(19)27-13(3)20(24)23-16-8-12(2)15(21)10-18(16)25-4/h6-10,13H,5H2,1-4H3,(H,23,24)/t13-/m1/s1. The van der Waals surface area contributed by atoms with Crippen molar-refractivity contribution in [2.24, 2.45) is 0 Å². The van der Waals surface area contributed by atoms with E-state index in [0.717, 1.165) is 5.56 Å². The summed E-state index contributed by atoms with van der Waals surface area (Å²) in [5, 5.41) is 12.3. The van der Waals surface area contributed by atoms with Crippen molar-refractivity contribution in [1.82, 2.24) is 0 Å². The van der Waals surface area contributed by atoms with Gasteiger partial charge in [-0.25, -0.2) is 0 Å². The molecule has 1 atom stereocenters. The Bertz CT molecular complexity index is 877. The average Bonchev–Trinajstić information content (AvgIpc) is 2.65. The van der Waals surface area contributed by atoms with Gasteiger partial charge in [-0.05, 0) is 44.5 Å². The molecule has 0 unspecified atom stereocenters. The van der Waals surface area contributed by atoms with Crippen molar-refractivity contribution in [3.8, 4) is 23.3 Å². The molecule has 2 aromatic carbocycles. The van der Waals surface area contributed by atoms with E-state index >= 15 is 0 Å². The molecule has 0 bridgehead atoms. The zero-order valence-corrected chi connectivity index (χ0v) is 16.4. The molecule has 1 N–H and O–H groups in total. The number of amides is 1. The van der Waals surface area contributed by atoms with Crippen LogP contribution in [0.25, 0.3) is 0 Å². The number of rotatable bonds is 7. The third kappa shape index (κ3) is 5.05. The Kier molecular flexibility index (Phi) is 6.91. The zero-order valence-electron chi connectivity index (χ0n) is 15.6. The Labute approximate surface area is 163 Å². The van der Waals surface area contributed by atoms with E-state index in [2.05, 4.69) is 5.32 Å². The maximum Gasteiger partial charge on any atom is 0.265 e. The summed E-state index contributed by atoms with van der Waals surface area (Å²) in [6.45, 7) is 5.70. The van der Waals surface area contributed by atoms with Crippen LogP contribution in [0.5, 0.6) is 17.2 Å². The van der Waals surface area contributed by atoms with Crippen LogP contribution in [0.2, 0.25) is 5.02 Å². The summed E-state index contributed by atoms with van der Waals surface area (Å²) < 4.78 is 16.5. The first kappa shape index (κ1) is 20.4. The fourth-order valence-electron chi connectivity index (χ4n) is 2.35. The predicted octanol–water partition coefficient (Wildman–Crippen LogP) is 4.33. The molecule has 0 aliphatic carbocycles. The maximum atomic E-state index is 12.6. The number of ether oxygens (including phenoxy) is 3. The molecule has 142 valence electrons. The van der Waals surface area contributed by atoms with Crippen LogP contribution in [0, 0.1) is 18.3 Å². The van der Waals surface area contributed by atoms with Gasteiger partial charge in [-0.2, -0.15) is 5.26 Å². The Balaban J connectivity index is 2.17. The number of anilines is 1. The Hall–Kier alpha value is -2.91. The lowest BCUT2D eigenvalue weighted by Crippen LogP contribution is -2.30. The number of nitrogens with zero attached hydrogens (tertiary/aromatic N) is 1. The monoisotopic (exact) mass is 388 g/mol. The van der Waals surface area contributed by atoms with Crippen molar-refractivity contribution in [3.63, 3.8) is 0 Å². The molecule has 0 radical (unpaired) electrons. The van der Waals surface area contributed by atoms with Gasteiger partial charge in [-0.3, -0.25) is 4.79 Å². The highest BCUT2D eigenvalue weighted by atomic mass is 35.5. The van der Waals surface area contributed by atoms with Crippen LogP contribution in [-0.4, -0.2) is 25.7 Å². The molecular weight excluding hydrogens is 368 g/mol. The van der Waals surface area contributed by atoms with E-state index in [4.69, 9.17) is 31.1 Å². The molecule has 7 heteroatoms. The van der Waals surface area contributed by atoms with Crippen molar-refractivity contribution in [1.29, 1.82) is 5.26 Å². The molecule has 1 amide bonds. The number of aryl methyl sites for hydroxylation is 1. The first-order valence-electron chi connectivity index (χ1n) is 8.38. The summed E-state index contributed by atoms with van der Waals surface area (Å²) in [6, 6.07) is 10.2. The van der Waals surface area contributed by atoms with Crippen LogP contribution < -0.4 is 19.5 Å². The number of benzene rings is 2. The van der Waals surface area contributed by atoms with Gasteiger partial charge in [-0.15, -0.1) is 0 Å². The molecule has 6 nitrogen and oxygen atoms in total. The van der Waals surface area contributed by atoms with E-state index in [0.29, 0.717) is 40.1 Å². The molecule has 2 aromatic rings. The number of carbonyl (C=O) groups is 1. The maximum absolute atomic E-state index is 12.6. The quantitative estimate of drug-likeness (QED) is 0.763. The third-order valence-electron chi connectivity index (χ3n) is 3.78. The van der Waals surface area contributed by atoms with E-state index < -0.39 is 6.10 Å². The van der Waals surface area contributed by atoms with E-state index in [-0.39, 0.29) is 5.91 Å². The second-order valence-electron chi connectivity index (χ2n) is 5.76. The minimum Gasteiger partial charge on any atom is -0.495 e. The Morgan fingerprint density at radius 2 is 2.00 bits per heavy atom. The lowest BCUT2D eigenvalue weighted by molar-refractivity contribution is -0.122. The third-order valence-corrected chi connectivity index (χ3v) is 4.19. The lowest BCUT2D eigenvalue weighted by atomic mass is 10.2. The molecule has 27 heavy (non-hydrogen) atoms. The van der Waals surface area contributed by atoms with Crippen LogP contribution in [0.4, 0.5) is 5.69 Å². The van der Waals surface area contributed by atoms with Gasteiger partial charge in [0.2, 0.25) is 0 Å². The van der Waals surface area contributed by atoms with Crippen molar-refractivity contribution >= 4 is 23.2 Å². The number of nitriles is 1. The average molecular weight is 389 g/mol. The highest BCUT2D eigenvalue weighted by molar-refractivity contribution is 6.31. The summed E-state index contributed by atoms with van der Waals surface area (Å²) in [5.74, 6) is 0.898. The van der Waals surface area contributed by atoms with Gasteiger partial charge in [0.25, 0.3) is 5.91 Å². The fourth-order valence-corrected chi connectivity index (χ4v) is 2.51. The Morgan fingerprint density at radius 3 is 2.63 bits per heavy atom. The van der Waals surface area contributed by atoms with Gasteiger partial charge in [0.05, 0.1) is 31.0 Å². The first-order valence-corrected chi connectivity index (χ1v) is 8.76. The van der Waals surface area contributed by atoms with Gasteiger partial charge < -0.3 is 19.5 Å². The van der Waals surface area contributed by atoms with E-state index in [9.17, 15) is 4.79 Å². The number of hydrogen-bond acceptors (Lipinski definition) is 5. The molecule has 0 fully saturated rings. The topological polar surface area (TPSA) is 80.6 Å². The van der Waals surface area contributed by atoms with Crippen LogP contribution in [0.3, 0.4) is 0 Å². The van der Waals surface area contributed by atoms with Crippen molar-refractivity contribution in [2.45, 2.75) is 26.9 Å². The smallest absolute Gasteiger partial charge is 0.265 e. The second kappa shape index (κ2) is 9.15. The first-order chi connectivity index (χ1) is 12.9. The molecule has 0 heterocycles.